The monoisotopic (exact) mass is 355 g/mol. The molecule has 5 rings (SSSR count). The Labute approximate surface area is 156 Å². The molecule has 1 aliphatic heterocycles. The number of ether oxygens (including phenoxy) is 1. The van der Waals surface area contributed by atoms with Crippen LogP contribution in [0, 0.1) is 0 Å². The summed E-state index contributed by atoms with van der Waals surface area (Å²) in [4.78, 5) is 15.3. The molecule has 132 valence electrons. The number of nitrogens with zero attached hydrogens (tertiary/aromatic N) is 1. The molecule has 4 heteroatoms. The molecule has 0 radical (unpaired) electrons. The summed E-state index contributed by atoms with van der Waals surface area (Å²) in [6, 6.07) is 25.0. The van der Waals surface area contributed by atoms with Gasteiger partial charge in [-0.2, -0.15) is 0 Å². The number of hydrogen-bond acceptors (Lipinski definition) is 4. The average Bonchev–Trinajstić information content (AvgIpc) is 2.74. The molecule has 1 aromatic heterocycles. The average molecular weight is 355 g/mol. The van der Waals surface area contributed by atoms with Crippen molar-refractivity contribution in [1.29, 1.82) is 0 Å². The van der Waals surface area contributed by atoms with Crippen molar-refractivity contribution in [2.45, 2.75) is 6.54 Å². The van der Waals surface area contributed by atoms with Gasteiger partial charge in [0.1, 0.15) is 17.0 Å². The van der Waals surface area contributed by atoms with Crippen LogP contribution in [0.15, 0.2) is 88.1 Å². The van der Waals surface area contributed by atoms with Crippen LogP contribution in [0.2, 0.25) is 0 Å². The Morgan fingerprint density at radius 2 is 1.56 bits per heavy atom. The van der Waals surface area contributed by atoms with E-state index in [2.05, 4.69) is 0 Å². The van der Waals surface area contributed by atoms with Crippen LogP contribution in [0.5, 0.6) is 5.75 Å². The standard InChI is InChI=1S/C23H17NO3/c25-22-18-11-5-7-13-20(18)27-23(16-8-2-1-3-9-16)21(22)24-14-17-10-4-6-12-19(17)26-15-24/h1-13H,14-15H2. The van der Waals surface area contributed by atoms with Gasteiger partial charge in [-0.05, 0) is 18.2 Å². The van der Waals surface area contributed by atoms with Crippen LogP contribution in [0.25, 0.3) is 22.3 Å². The van der Waals surface area contributed by atoms with Crippen LogP contribution < -0.4 is 15.1 Å². The van der Waals surface area contributed by atoms with E-state index in [1.807, 2.05) is 77.7 Å². The third-order valence-corrected chi connectivity index (χ3v) is 4.84. The predicted molar refractivity (Wildman–Crippen MR) is 106 cm³/mol. The first-order valence-electron chi connectivity index (χ1n) is 8.88. The summed E-state index contributed by atoms with van der Waals surface area (Å²) in [6.45, 7) is 0.902. The second-order valence-corrected chi connectivity index (χ2v) is 6.55. The highest BCUT2D eigenvalue weighted by Crippen LogP contribution is 2.34. The first kappa shape index (κ1) is 15.7. The molecular formula is C23H17NO3. The van der Waals surface area contributed by atoms with Gasteiger partial charge in [0.05, 0.1) is 11.9 Å². The van der Waals surface area contributed by atoms with Gasteiger partial charge >= 0.3 is 0 Å². The Morgan fingerprint density at radius 3 is 2.44 bits per heavy atom. The van der Waals surface area contributed by atoms with Gasteiger partial charge in [0.2, 0.25) is 5.43 Å². The smallest absolute Gasteiger partial charge is 0.216 e. The van der Waals surface area contributed by atoms with Crippen LogP contribution in [-0.4, -0.2) is 6.73 Å². The number of para-hydroxylation sites is 2. The topological polar surface area (TPSA) is 42.7 Å². The third-order valence-electron chi connectivity index (χ3n) is 4.84. The Kier molecular flexibility index (Phi) is 3.68. The van der Waals surface area contributed by atoms with E-state index in [9.17, 15) is 4.79 Å². The summed E-state index contributed by atoms with van der Waals surface area (Å²) >= 11 is 0. The van der Waals surface area contributed by atoms with Gasteiger partial charge in [-0.3, -0.25) is 4.79 Å². The van der Waals surface area contributed by atoms with Crippen molar-refractivity contribution in [3.05, 3.63) is 94.6 Å². The second kappa shape index (κ2) is 6.32. The number of benzene rings is 3. The highest BCUT2D eigenvalue weighted by molar-refractivity contribution is 5.86. The van der Waals surface area contributed by atoms with Crippen molar-refractivity contribution in [2.24, 2.45) is 0 Å². The normalized spacial score (nSPS) is 13.3. The molecular weight excluding hydrogens is 338 g/mol. The lowest BCUT2D eigenvalue weighted by Crippen LogP contribution is -2.35. The lowest BCUT2D eigenvalue weighted by atomic mass is 10.1. The minimum atomic E-state index is -0.0429. The molecule has 4 aromatic rings. The molecule has 0 bridgehead atoms. The Hall–Kier alpha value is -3.53. The summed E-state index contributed by atoms with van der Waals surface area (Å²) in [5.41, 5.74) is 3.00. The fourth-order valence-electron chi connectivity index (χ4n) is 3.52. The van der Waals surface area contributed by atoms with Gasteiger partial charge in [0, 0.05) is 11.1 Å². The maximum Gasteiger partial charge on any atom is 0.216 e. The third kappa shape index (κ3) is 2.66. The zero-order chi connectivity index (χ0) is 18.2. The van der Waals surface area contributed by atoms with E-state index in [1.165, 1.54) is 0 Å². The summed E-state index contributed by atoms with van der Waals surface area (Å²) in [5, 5.41) is 0.575. The molecule has 0 spiro atoms. The van der Waals surface area contributed by atoms with E-state index in [0.717, 1.165) is 16.9 Å². The molecule has 1 aliphatic rings. The largest absolute Gasteiger partial charge is 0.473 e. The van der Waals surface area contributed by atoms with Gasteiger partial charge < -0.3 is 14.1 Å². The van der Waals surface area contributed by atoms with Crippen molar-refractivity contribution in [1.82, 2.24) is 0 Å². The summed E-state index contributed by atoms with van der Waals surface area (Å²) in [6.07, 6.45) is 0. The second-order valence-electron chi connectivity index (χ2n) is 6.55. The fourth-order valence-corrected chi connectivity index (χ4v) is 3.52. The molecule has 0 atom stereocenters. The van der Waals surface area contributed by atoms with Crippen molar-refractivity contribution in [3.8, 4) is 17.1 Å². The van der Waals surface area contributed by atoms with E-state index >= 15 is 0 Å². The molecule has 0 N–H and O–H groups in total. The zero-order valence-electron chi connectivity index (χ0n) is 14.6. The molecule has 0 aliphatic carbocycles. The molecule has 3 aromatic carbocycles. The molecule has 27 heavy (non-hydrogen) atoms. The van der Waals surface area contributed by atoms with Crippen molar-refractivity contribution in [3.63, 3.8) is 0 Å². The Balaban J connectivity index is 1.73. The number of rotatable bonds is 2. The number of anilines is 1. The van der Waals surface area contributed by atoms with E-state index in [0.29, 0.717) is 35.7 Å². The molecule has 0 fully saturated rings. The van der Waals surface area contributed by atoms with Crippen LogP contribution in [0.3, 0.4) is 0 Å². The lowest BCUT2D eigenvalue weighted by molar-refractivity contribution is 0.288. The van der Waals surface area contributed by atoms with Gasteiger partial charge in [-0.15, -0.1) is 0 Å². The van der Waals surface area contributed by atoms with Gasteiger partial charge in [0.25, 0.3) is 0 Å². The molecule has 0 unspecified atom stereocenters. The highest BCUT2D eigenvalue weighted by Gasteiger charge is 2.25. The minimum absolute atomic E-state index is 0.0429. The maximum atomic E-state index is 13.4. The van der Waals surface area contributed by atoms with Crippen molar-refractivity contribution >= 4 is 16.7 Å². The van der Waals surface area contributed by atoms with E-state index in [1.54, 1.807) is 6.07 Å². The molecule has 0 saturated carbocycles. The van der Waals surface area contributed by atoms with Gasteiger partial charge in [-0.1, -0.05) is 60.7 Å². The molecule has 0 amide bonds. The predicted octanol–water partition coefficient (Wildman–Crippen LogP) is 4.82. The maximum absolute atomic E-state index is 13.4. The van der Waals surface area contributed by atoms with Crippen LogP contribution in [0.1, 0.15) is 5.56 Å². The fraction of sp³-hybridized carbons (Fsp3) is 0.0870. The first-order chi connectivity index (χ1) is 13.3. The van der Waals surface area contributed by atoms with E-state index in [-0.39, 0.29) is 5.43 Å². The quantitative estimate of drug-likeness (QED) is 0.517. The van der Waals surface area contributed by atoms with Crippen molar-refractivity contribution in [2.75, 3.05) is 11.6 Å². The van der Waals surface area contributed by atoms with E-state index in [4.69, 9.17) is 9.15 Å². The Bertz CT molecular complexity index is 1180. The minimum Gasteiger partial charge on any atom is -0.473 e. The first-order valence-corrected chi connectivity index (χ1v) is 8.88. The van der Waals surface area contributed by atoms with Crippen molar-refractivity contribution < 1.29 is 9.15 Å². The van der Waals surface area contributed by atoms with Gasteiger partial charge in [-0.25, -0.2) is 0 Å². The molecule has 4 nitrogen and oxygen atoms in total. The summed E-state index contributed by atoms with van der Waals surface area (Å²) in [7, 11) is 0. The van der Waals surface area contributed by atoms with Crippen LogP contribution >= 0.6 is 0 Å². The summed E-state index contributed by atoms with van der Waals surface area (Å²) < 4.78 is 12.1. The highest BCUT2D eigenvalue weighted by atomic mass is 16.5. The van der Waals surface area contributed by atoms with E-state index < -0.39 is 0 Å². The molecule has 0 saturated heterocycles. The SMILES string of the molecule is O=c1c(N2COc3ccccc3C2)c(-c2ccccc2)oc2ccccc12. The van der Waals surface area contributed by atoms with Crippen LogP contribution in [-0.2, 0) is 6.54 Å². The summed E-state index contributed by atoms with van der Waals surface area (Å²) in [5.74, 6) is 1.43. The van der Waals surface area contributed by atoms with Crippen LogP contribution in [0.4, 0.5) is 5.69 Å². The zero-order valence-corrected chi connectivity index (χ0v) is 14.6. The lowest BCUT2D eigenvalue weighted by Gasteiger charge is -2.31. The molecule has 2 heterocycles. The number of hydrogen-bond donors (Lipinski definition) is 0. The van der Waals surface area contributed by atoms with Gasteiger partial charge in [0.15, 0.2) is 12.5 Å². The number of fused-ring (bicyclic) bond motifs is 2. The Morgan fingerprint density at radius 1 is 0.815 bits per heavy atom.